The Morgan fingerprint density at radius 3 is 2.96 bits per heavy atom. The minimum atomic E-state index is -0.0925. The zero-order chi connectivity index (χ0) is 18.6. The van der Waals surface area contributed by atoms with Crippen LogP contribution in [0.2, 0.25) is 0 Å². The fourth-order valence-corrected chi connectivity index (χ4v) is 3.50. The van der Waals surface area contributed by atoms with Crippen LogP contribution in [0.3, 0.4) is 0 Å². The number of carbonyl (C=O) groups is 1. The molecule has 1 amide bonds. The maximum absolute atomic E-state index is 11.6. The molecule has 1 aromatic heterocycles. The van der Waals surface area contributed by atoms with Crippen molar-refractivity contribution in [2.75, 3.05) is 37.7 Å². The Kier molecular flexibility index (Phi) is 9.52. The molecule has 0 saturated carbocycles. The zero-order valence-electron chi connectivity index (χ0n) is 15.3. The molecular formula is C19H30N4O2S. The van der Waals surface area contributed by atoms with Crippen LogP contribution in [0, 0.1) is 0 Å². The average Bonchev–Trinajstić information content (AvgIpc) is 2.66. The summed E-state index contributed by atoms with van der Waals surface area (Å²) in [5, 5.41) is 12.6. The number of rotatable bonds is 10. The van der Waals surface area contributed by atoms with Gasteiger partial charge in [-0.15, -0.1) is 0 Å². The standard InChI is InChI=1S/C19H30N4O2S/c20-7-11-26-15-19(25)22-13-18(24)5-4-17-12-16(6-8-21-17)14-23-9-2-1-3-10-23/h5-6,8,12,24H,1-4,7,9-11,13-15,20H2,(H,22,25)/b18-5-. The summed E-state index contributed by atoms with van der Waals surface area (Å²) in [6.45, 7) is 4.01. The van der Waals surface area contributed by atoms with Crippen LogP contribution < -0.4 is 11.1 Å². The highest BCUT2D eigenvalue weighted by Crippen LogP contribution is 2.13. The van der Waals surface area contributed by atoms with E-state index in [1.165, 1.54) is 49.7 Å². The Bertz CT molecular complexity index is 589. The first-order valence-corrected chi connectivity index (χ1v) is 10.4. The number of nitrogens with two attached hydrogens (primary N) is 1. The van der Waals surface area contributed by atoms with Gasteiger partial charge in [0.25, 0.3) is 0 Å². The van der Waals surface area contributed by atoms with E-state index in [0.717, 1.165) is 18.0 Å². The van der Waals surface area contributed by atoms with Crippen molar-refractivity contribution < 1.29 is 9.90 Å². The van der Waals surface area contributed by atoms with Crippen LogP contribution in [-0.2, 0) is 17.8 Å². The van der Waals surface area contributed by atoms with Crippen LogP contribution in [0.25, 0.3) is 0 Å². The normalized spacial score (nSPS) is 15.8. The molecule has 26 heavy (non-hydrogen) atoms. The highest BCUT2D eigenvalue weighted by Gasteiger charge is 2.10. The molecule has 1 aliphatic heterocycles. The number of likely N-dealkylation sites (tertiary alicyclic amines) is 1. The molecule has 0 aromatic carbocycles. The maximum Gasteiger partial charge on any atom is 0.230 e. The lowest BCUT2D eigenvalue weighted by Gasteiger charge is -2.26. The Labute approximate surface area is 160 Å². The van der Waals surface area contributed by atoms with Gasteiger partial charge < -0.3 is 16.2 Å². The van der Waals surface area contributed by atoms with E-state index in [1.54, 1.807) is 6.08 Å². The number of nitrogens with zero attached hydrogens (tertiary/aromatic N) is 2. The summed E-state index contributed by atoms with van der Waals surface area (Å²) in [7, 11) is 0. The lowest BCUT2D eigenvalue weighted by molar-refractivity contribution is -0.118. The van der Waals surface area contributed by atoms with Crippen molar-refractivity contribution in [2.45, 2.75) is 32.2 Å². The molecule has 2 heterocycles. The molecule has 7 heteroatoms. The second-order valence-corrected chi connectivity index (χ2v) is 7.61. The first kappa shape index (κ1) is 20.7. The van der Waals surface area contributed by atoms with Gasteiger partial charge in [0.15, 0.2) is 0 Å². The fourth-order valence-electron chi connectivity index (χ4n) is 2.90. The van der Waals surface area contributed by atoms with Gasteiger partial charge in [0, 0.05) is 37.2 Å². The summed E-state index contributed by atoms with van der Waals surface area (Å²) >= 11 is 1.49. The zero-order valence-corrected chi connectivity index (χ0v) is 16.1. The van der Waals surface area contributed by atoms with Gasteiger partial charge in [-0.05, 0) is 49.7 Å². The molecule has 0 spiro atoms. The lowest BCUT2D eigenvalue weighted by atomic mass is 10.1. The predicted molar refractivity (Wildman–Crippen MR) is 107 cm³/mol. The van der Waals surface area contributed by atoms with E-state index in [4.69, 9.17) is 5.73 Å². The average molecular weight is 379 g/mol. The number of hydrogen-bond donors (Lipinski definition) is 3. The first-order valence-electron chi connectivity index (χ1n) is 9.26. The molecule has 0 atom stereocenters. The Balaban J connectivity index is 1.75. The SMILES string of the molecule is NCCSCC(=O)NC/C(O)=C/Cc1cc(CN2CCCCC2)ccn1. The number of nitrogens with one attached hydrogen (secondary N) is 1. The van der Waals surface area contributed by atoms with Gasteiger partial charge in [-0.1, -0.05) is 6.42 Å². The van der Waals surface area contributed by atoms with E-state index >= 15 is 0 Å². The molecule has 0 radical (unpaired) electrons. The minimum Gasteiger partial charge on any atom is -0.511 e. The fraction of sp³-hybridized carbons (Fsp3) is 0.579. The summed E-state index contributed by atoms with van der Waals surface area (Å²) in [6, 6.07) is 4.15. The smallest absolute Gasteiger partial charge is 0.230 e. The highest BCUT2D eigenvalue weighted by atomic mass is 32.2. The molecular weight excluding hydrogens is 348 g/mol. The molecule has 4 N–H and O–H groups in total. The van der Waals surface area contributed by atoms with Crippen LogP contribution in [0.15, 0.2) is 30.2 Å². The number of hydrogen-bond acceptors (Lipinski definition) is 6. The molecule has 144 valence electrons. The van der Waals surface area contributed by atoms with Gasteiger partial charge in [-0.2, -0.15) is 11.8 Å². The third-order valence-electron chi connectivity index (χ3n) is 4.24. The topological polar surface area (TPSA) is 91.5 Å². The molecule has 6 nitrogen and oxygen atoms in total. The number of amides is 1. The van der Waals surface area contributed by atoms with Gasteiger partial charge >= 0.3 is 0 Å². The number of thioether (sulfide) groups is 1. The summed E-state index contributed by atoms with van der Waals surface area (Å²) < 4.78 is 0. The van der Waals surface area contributed by atoms with Gasteiger partial charge in [0.05, 0.1) is 12.3 Å². The van der Waals surface area contributed by atoms with E-state index in [9.17, 15) is 9.90 Å². The molecule has 1 aromatic rings. The van der Waals surface area contributed by atoms with Crippen LogP contribution in [0.5, 0.6) is 0 Å². The number of pyridine rings is 1. The summed E-state index contributed by atoms with van der Waals surface area (Å²) in [5.41, 5.74) is 7.57. The van der Waals surface area contributed by atoms with E-state index in [0.29, 0.717) is 18.7 Å². The van der Waals surface area contributed by atoms with Crippen LogP contribution in [0.1, 0.15) is 30.5 Å². The number of carbonyl (C=O) groups excluding carboxylic acids is 1. The molecule has 1 saturated heterocycles. The van der Waals surface area contributed by atoms with Gasteiger partial charge in [-0.3, -0.25) is 14.7 Å². The Morgan fingerprint density at radius 2 is 2.19 bits per heavy atom. The van der Waals surface area contributed by atoms with Crippen molar-refractivity contribution in [1.29, 1.82) is 0 Å². The molecule has 2 rings (SSSR count). The first-order chi connectivity index (χ1) is 12.7. The van der Waals surface area contributed by atoms with Gasteiger partial charge in [-0.25, -0.2) is 0 Å². The monoisotopic (exact) mass is 378 g/mol. The molecule has 0 unspecified atom stereocenters. The van der Waals surface area contributed by atoms with E-state index in [1.807, 2.05) is 6.20 Å². The quantitative estimate of drug-likeness (QED) is 0.425. The summed E-state index contributed by atoms with van der Waals surface area (Å²) in [5.74, 6) is 1.19. The minimum absolute atomic E-state index is 0.0925. The van der Waals surface area contributed by atoms with Crippen LogP contribution in [-0.4, -0.2) is 58.6 Å². The number of piperidine rings is 1. The lowest BCUT2D eigenvalue weighted by Crippen LogP contribution is -2.29. The van der Waals surface area contributed by atoms with Crippen LogP contribution >= 0.6 is 11.8 Å². The van der Waals surface area contributed by atoms with Gasteiger partial charge in [0.1, 0.15) is 5.76 Å². The van der Waals surface area contributed by atoms with E-state index < -0.39 is 0 Å². The number of aliphatic hydroxyl groups is 1. The third-order valence-corrected chi connectivity index (χ3v) is 5.24. The molecule has 1 aliphatic rings. The van der Waals surface area contributed by atoms with Gasteiger partial charge in [0.2, 0.25) is 5.91 Å². The number of aliphatic hydroxyl groups excluding tert-OH is 1. The molecule has 0 bridgehead atoms. The van der Waals surface area contributed by atoms with Crippen molar-refractivity contribution >= 4 is 17.7 Å². The predicted octanol–water partition coefficient (Wildman–Crippen LogP) is 1.86. The Morgan fingerprint density at radius 1 is 1.38 bits per heavy atom. The van der Waals surface area contributed by atoms with E-state index in [-0.39, 0.29) is 18.2 Å². The summed E-state index contributed by atoms with van der Waals surface area (Å²) in [6.07, 6.45) is 7.99. The third kappa shape index (κ3) is 8.21. The van der Waals surface area contributed by atoms with Crippen molar-refractivity contribution in [3.05, 3.63) is 41.4 Å². The van der Waals surface area contributed by atoms with Crippen LogP contribution in [0.4, 0.5) is 0 Å². The number of allylic oxidation sites excluding steroid dienone is 1. The maximum atomic E-state index is 11.6. The van der Waals surface area contributed by atoms with Crippen molar-refractivity contribution in [3.8, 4) is 0 Å². The molecule has 1 fully saturated rings. The second kappa shape index (κ2) is 11.9. The van der Waals surface area contributed by atoms with Crippen molar-refractivity contribution in [2.24, 2.45) is 5.73 Å². The van der Waals surface area contributed by atoms with Crippen molar-refractivity contribution in [3.63, 3.8) is 0 Å². The second-order valence-electron chi connectivity index (χ2n) is 6.51. The highest BCUT2D eigenvalue weighted by molar-refractivity contribution is 7.99. The largest absolute Gasteiger partial charge is 0.511 e. The number of aromatic nitrogens is 1. The van der Waals surface area contributed by atoms with Crippen molar-refractivity contribution in [1.82, 2.24) is 15.2 Å². The summed E-state index contributed by atoms with van der Waals surface area (Å²) in [4.78, 5) is 18.5. The van der Waals surface area contributed by atoms with E-state index in [2.05, 4.69) is 27.3 Å². The Hall–Kier alpha value is -1.57. The molecule has 0 aliphatic carbocycles.